The van der Waals surface area contributed by atoms with E-state index in [1.807, 2.05) is 25.1 Å². The molecule has 0 spiro atoms. The predicted octanol–water partition coefficient (Wildman–Crippen LogP) is 4.98. The summed E-state index contributed by atoms with van der Waals surface area (Å²) in [4.78, 5) is 26.6. The first kappa shape index (κ1) is 23.0. The van der Waals surface area contributed by atoms with Crippen LogP contribution in [0.4, 0.5) is 4.79 Å². The number of hydrogen-bond acceptors (Lipinski definition) is 7. The van der Waals surface area contributed by atoms with Gasteiger partial charge in [-0.1, -0.05) is 12.1 Å². The average Bonchev–Trinajstić information content (AvgIpc) is 3.03. The maximum Gasteiger partial charge on any atom is 0.293 e. The number of benzene rings is 2. The molecule has 9 heteroatoms. The first-order chi connectivity index (χ1) is 15.0. The van der Waals surface area contributed by atoms with E-state index < -0.39 is 0 Å². The van der Waals surface area contributed by atoms with Gasteiger partial charge < -0.3 is 18.9 Å². The largest absolute Gasteiger partial charge is 0.493 e. The second-order valence-electron chi connectivity index (χ2n) is 6.30. The van der Waals surface area contributed by atoms with E-state index in [1.54, 1.807) is 38.5 Å². The maximum atomic E-state index is 12.8. The minimum atomic E-state index is -0.359. The van der Waals surface area contributed by atoms with Crippen molar-refractivity contribution in [2.24, 2.45) is 0 Å². The van der Waals surface area contributed by atoms with Crippen LogP contribution in [0.15, 0.2) is 45.8 Å². The molecule has 0 N–H and O–H groups in total. The number of halogens is 1. The Labute approximate surface area is 193 Å². The second-order valence-corrected chi connectivity index (χ2v) is 8.15. The van der Waals surface area contributed by atoms with Gasteiger partial charge in [0.15, 0.2) is 23.0 Å². The Kier molecular flexibility index (Phi) is 7.86. The van der Waals surface area contributed by atoms with Crippen molar-refractivity contribution in [1.29, 1.82) is 0 Å². The number of carbonyl (C=O) groups is 2. The van der Waals surface area contributed by atoms with Crippen molar-refractivity contribution >= 4 is 44.9 Å². The smallest absolute Gasteiger partial charge is 0.293 e. The molecule has 31 heavy (non-hydrogen) atoms. The van der Waals surface area contributed by atoms with Crippen LogP contribution >= 0.6 is 27.7 Å². The van der Waals surface area contributed by atoms with Gasteiger partial charge in [0.05, 0.1) is 36.7 Å². The predicted molar refractivity (Wildman–Crippen MR) is 123 cm³/mol. The molecule has 2 aromatic rings. The molecule has 0 radical (unpaired) electrons. The summed E-state index contributed by atoms with van der Waals surface area (Å²) < 4.78 is 22.6. The molecule has 1 heterocycles. The molecule has 2 aromatic carbocycles. The van der Waals surface area contributed by atoms with Crippen LogP contribution in [0.2, 0.25) is 0 Å². The first-order valence-corrected chi connectivity index (χ1v) is 11.1. The van der Waals surface area contributed by atoms with Crippen molar-refractivity contribution in [3.05, 3.63) is 51.3 Å². The maximum absolute atomic E-state index is 12.8. The van der Waals surface area contributed by atoms with E-state index in [-0.39, 0.29) is 24.3 Å². The number of ether oxygens (including phenoxy) is 4. The molecule has 3 rings (SSSR count). The standard InChI is InChI=1S/C22H22BrNO6S/c1-4-29-20-15(23)11-14(12-18(20)28-3)13-19-21(25)24(22(26)31-19)9-10-30-17-8-6-5-7-16(17)27-2/h5-8,11-13H,4,9-10H2,1-3H3/b19-13-. The van der Waals surface area contributed by atoms with E-state index in [0.29, 0.717) is 44.5 Å². The Morgan fingerprint density at radius 2 is 1.74 bits per heavy atom. The Morgan fingerprint density at radius 1 is 1.03 bits per heavy atom. The SMILES string of the molecule is CCOc1c(Br)cc(/C=C2\SC(=O)N(CCOc3ccccc3OC)C2=O)cc1OC. The van der Waals surface area contributed by atoms with Gasteiger partial charge in [-0.25, -0.2) is 0 Å². The third-order valence-corrected chi connectivity index (χ3v) is 5.85. The zero-order valence-corrected chi connectivity index (χ0v) is 19.7. The fraction of sp³-hybridized carbons (Fsp3) is 0.273. The lowest BCUT2D eigenvalue weighted by atomic mass is 10.2. The van der Waals surface area contributed by atoms with E-state index in [1.165, 1.54) is 4.90 Å². The molecule has 0 aliphatic carbocycles. The van der Waals surface area contributed by atoms with Crippen LogP contribution in [0.5, 0.6) is 23.0 Å². The zero-order valence-electron chi connectivity index (χ0n) is 17.3. The number of imide groups is 1. The molecular weight excluding hydrogens is 486 g/mol. The Balaban J connectivity index is 1.71. The van der Waals surface area contributed by atoms with Gasteiger partial charge in [0, 0.05) is 0 Å². The summed E-state index contributed by atoms with van der Waals surface area (Å²) >= 11 is 4.36. The topological polar surface area (TPSA) is 74.3 Å². The van der Waals surface area contributed by atoms with Crippen molar-refractivity contribution < 1.29 is 28.5 Å². The van der Waals surface area contributed by atoms with E-state index >= 15 is 0 Å². The summed E-state index contributed by atoms with van der Waals surface area (Å²) in [6.45, 7) is 2.67. The minimum Gasteiger partial charge on any atom is -0.493 e. The highest BCUT2D eigenvalue weighted by molar-refractivity contribution is 9.10. The van der Waals surface area contributed by atoms with Gasteiger partial charge >= 0.3 is 0 Å². The second kappa shape index (κ2) is 10.6. The molecule has 0 atom stereocenters. The summed E-state index contributed by atoms with van der Waals surface area (Å²) in [5.74, 6) is 1.91. The Hall–Kier alpha value is -2.65. The Bertz CT molecular complexity index is 1010. The molecule has 164 valence electrons. The molecule has 0 bridgehead atoms. The van der Waals surface area contributed by atoms with Gasteiger partial charge in [-0.3, -0.25) is 14.5 Å². The molecule has 0 aromatic heterocycles. The molecule has 2 amide bonds. The van der Waals surface area contributed by atoms with Gasteiger partial charge in [0.2, 0.25) is 0 Å². The number of hydrogen-bond donors (Lipinski definition) is 0. The van der Waals surface area contributed by atoms with E-state index in [4.69, 9.17) is 18.9 Å². The van der Waals surface area contributed by atoms with Crippen molar-refractivity contribution in [1.82, 2.24) is 4.90 Å². The summed E-state index contributed by atoms with van der Waals surface area (Å²) in [5.41, 5.74) is 0.711. The number of thioether (sulfide) groups is 1. The molecule has 7 nitrogen and oxygen atoms in total. The zero-order chi connectivity index (χ0) is 22.4. The highest BCUT2D eigenvalue weighted by Gasteiger charge is 2.35. The van der Waals surface area contributed by atoms with Gasteiger partial charge in [-0.15, -0.1) is 0 Å². The van der Waals surface area contributed by atoms with Crippen molar-refractivity contribution in [2.75, 3.05) is 34.0 Å². The summed E-state index contributed by atoms with van der Waals surface area (Å²) in [7, 11) is 3.10. The molecule has 0 unspecified atom stereocenters. The number of carbonyl (C=O) groups excluding carboxylic acids is 2. The molecular formula is C22H22BrNO6S. The van der Waals surface area contributed by atoms with Crippen LogP contribution in [0.3, 0.4) is 0 Å². The van der Waals surface area contributed by atoms with Gasteiger partial charge in [0.1, 0.15) is 6.61 Å². The van der Waals surface area contributed by atoms with Crippen LogP contribution in [0.1, 0.15) is 12.5 Å². The highest BCUT2D eigenvalue weighted by Crippen LogP contribution is 2.39. The third kappa shape index (κ3) is 5.34. The Morgan fingerprint density at radius 3 is 2.42 bits per heavy atom. The molecule has 1 aliphatic heterocycles. The average molecular weight is 508 g/mol. The highest BCUT2D eigenvalue weighted by atomic mass is 79.9. The number of rotatable bonds is 9. The van der Waals surface area contributed by atoms with Crippen LogP contribution in [-0.2, 0) is 4.79 Å². The number of methoxy groups -OCH3 is 2. The molecule has 1 aliphatic rings. The van der Waals surface area contributed by atoms with Crippen LogP contribution in [0, 0.1) is 0 Å². The lowest BCUT2D eigenvalue weighted by Gasteiger charge is -2.14. The fourth-order valence-corrected chi connectivity index (χ4v) is 4.38. The molecule has 1 saturated heterocycles. The van der Waals surface area contributed by atoms with Crippen LogP contribution < -0.4 is 18.9 Å². The lowest BCUT2D eigenvalue weighted by Crippen LogP contribution is -2.32. The fourth-order valence-electron chi connectivity index (χ4n) is 2.94. The summed E-state index contributed by atoms with van der Waals surface area (Å²) in [5, 5.41) is -0.336. The molecule has 1 fully saturated rings. The summed E-state index contributed by atoms with van der Waals surface area (Å²) in [6, 6.07) is 10.8. The van der Waals surface area contributed by atoms with Crippen molar-refractivity contribution in [3.63, 3.8) is 0 Å². The van der Waals surface area contributed by atoms with E-state index in [9.17, 15) is 9.59 Å². The number of amides is 2. The molecule has 0 saturated carbocycles. The first-order valence-electron chi connectivity index (χ1n) is 9.50. The quantitative estimate of drug-likeness (QED) is 0.443. The van der Waals surface area contributed by atoms with Gasteiger partial charge in [0.25, 0.3) is 11.1 Å². The number of nitrogens with zero attached hydrogens (tertiary/aromatic N) is 1. The van der Waals surface area contributed by atoms with Gasteiger partial charge in [-0.2, -0.15) is 0 Å². The monoisotopic (exact) mass is 507 g/mol. The van der Waals surface area contributed by atoms with E-state index in [0.717, 1.165) is 11.8 Å². The lowest BCUT2D eigenvalue weighted by molar-refractivity contribution is -0.123. The van der Waals surface area contributed by atoms with Crippen LogP contribution in [-0.4, -0.2) is 50.0 Å². The summed E-state index contributed by atoms with van der Waals surface area (Å²) in [6.07, 6.45) is 1.66. The van der Waals surface area contributed by atoms with Crippen LogP contribution in [0.25, 0.3) is 6.08 Å². The van der Waals surface area contributed by atoms with E-state index in [2.05, 4.69) is 15.9 Å². The van der Waals surface area contributed by atoms with Crippen molar-refractivity contribution in [2.45, 2.75) is 6.92 Å². The third-order valence-electron chi connectivity index (χ3n) is 4.35. The number of para-hydroxylation sites is 2. The normalized spacial score (nSPS) is 14.8. The van der Waals surface area contributed by atoms with Gasteiger partial charge in [-0.05, 0) is 70.5 Å². The minimum absolute atomic E-state index is 0.135. The van der Waals surface area contributed by atoms with Crippen molar-refractivity contribution in [3.8, 4) is 23.0 Å².